The van der Waals surface area contributed by atoms with E-state index < -0.39 is 5.91 Å². The van der Waals surface area contributed by atoms with Gasteiger partial charge in [-0.1, -0.05) is 23.7 Å². The van der Waals surface area contributed by atoms with Crippen LogP contribution in [-0.4, -0.2) is 15.6 Å². The maximum Gasteiger partial charge on any atom is 0.248 e. The number of rotatable bonds is 2. The summed E-state index contributed by atoms with van der Waals surface area (Å²) in [6, 6.07) is 6.71. The van der Waals surface area contributed by atoms with E-state index >= 15 is 0 Å². The Labute approximate surface area is 103 Å². The summed E-state index contributed by atoms with van der Waals surface area (Å²) >= 11 is 6.03. The minimum atomic E-state index is -0.469. The van der Waals surface area contributed by atoms with Crippen LogP contribution in [-0.2, 0) is 0 Å². The zero-order valence-electron chi connectivity index (χ0n) is 9.14. The van der Waals surface area contributed by atoms with Crippen LogP contribution in [0.5, 0.6) is 0 Å². The number of imidazole rings is 1. The Balaban J connectivity index is 2.47. The summed E-state index contributed by atoms with van der Waals surface area (Å²) in [5.41, 5.74) is 6.96. The molecule has 6 heteroatoms. The molecule has 0 saturated heterocycles. The summed E-state index contributed by atoms with van der Waals surface area (Å²) in [6.45, 7) is 1.76. The van der Waals surface area contributed by atoms with Crippen LogP contribution in [0.4, 0.5) is 0 Å². The third kappa shape index (κ3) is 1.97. The van der Waals surface area contributed by atoms with Crippen LogP contribution in [0.1, 0.15) is 16.2 Å². The largest absolute Gasteiger partial charge is 0.366 e. The second-order valence-corrected chi connectivity index (χ2v) is 3.97. The highest BCUT2D eigenvalue weighted by Crippen LogP contribution is 2.26. The van der Waals surface area contributed by atoms with Gasteiger partial charge in [0, 0.05) is 11.1 Å². The van der Waals surface area contributed by atoms with Gasteiger partial charge >= 0.3 is 0 Å². The Hall–Kier alpha value is -2.01. The molecule has 0 fully saturated rings. The molecule has 0 aliphatic carbocycles. The molecule has 5 nitrogen and oxygen atoms in total. The zero-order valence-corrected chi connectivity index (χ0v) is 9.90. The predicted octanol–water partition coefficient (Wildman–Crippen LogP) is 1.32. The van der Waals surface area contributed by atoms with Crippen molar-refractivity contribution < 1.29 is 4.79 Å². The standard InChI is InChI=1S/C11H11ClN4O/c1-6-15-9(10(12)16(6)14)7-2-4-8(5-3-7)11(13)17/h2-5H,14H2,1H3,(H2,13,17). The number of amides is 1. The highest BCUT2D eigenvalue weighted by atomic mass is 35.5. The molecule has 0 bridgehead atoms. The first kappa shape index (κ1) is 11.5. The second kappa shape index (κ2) is 4.10. The van der Waals surface area contributed by atoms with Gasteiger partial charge in [-0.3, -0.25) is 4.79 Å². The summed E-state index contributed by atoms with van der Waals surface area (Å²) in [5, 5.41) is 0.356. The van der Waals surface area contributed by atoms with Crippen LogP contribution in [0, 0.1) is 6.92 Å². The molecule has 4 N–H and O–H groups in total. The normalized spacial score (nSPS) is 10.5. The lowest BCUT2D eigenvalue weighted by Gasteiger charge is -2.00. The number of hydrogen-bond acceptors (Lipinski definition) is 3. The maximum absolute atomic E-state index is 10.9. The monoisotopic (exact) mass is 250 g/mol. The minimum absolute atomic E-state index is 0.356. The van der Waals surface area contributed by atoms with E-state index in [1.165, 1.54) is 4.68 Å². The Kier molecular flexibility index (Phi) is 2.77. The highest BCUT2D eigenvalue weighted by Gasteiger charge is 2.12. The number of carbonyl (C=O) groups excluding carboxylic acids is 1. The fourth-order valence-electron chi connectivity index (χ4n) is 1.49. The van der Waals surface area contributed by atoms with E-state index in [1.807, 2.05) is 0 Å². The lowest BCUT2D eigenvalue weighted by molar-refractivity contribution is 0.100. The van der Waals surface area contributed by atoms with E-state index in [9.17, 15) is 4.79 Å². The number of primary amides is 1. The molecular weight excluding hydrogens is 240 g/mol. The molecule has 0 atom stereocenters. The Bertz CT molecular complexity index is 574. The van der Waals surface area contributed by atoms with Crippen molar-refractivity contribution in [1.82, 2.24) is 9.66 Å². The fourth-order valence-corrected chi connectivity index (χ4v) is 1.77. The maximum atomic E-state index is 10.9. The molecule has 0 saturated carbocycles. The zero-order chi connectivity index (χ0) is 12.6. The van der Waals surface area contributed by atoms with Crippen LogP contribution in [0.15, 0.2) is 24.3 Å². The predicted molar refractivity (Wildman–Crippen MR) is 66.1 cm³/mol. The van der Waals surface area contributed by atoms with Crippen LogP contribution in [0.3, 0.4) is 0 Å². The van der Waals surface area contributed by atoms with E-state index in [2.05, 4.69) is 4.98 Å². The first-order valence-electron chi connectivity index (χ1n) is 4.91. The fraction of sp³-hybridized carbons (Fsp3) is 0.0909. The SMILES string of the molecule is Cc1nc(-c2ccc(C(N)=O)cc2)c(Cl)n1N. The molecule has 0 unspecified atom stereocenters. The van der Waals surface area contributed by atoms with Crippen molar-refractivity contribution in [2.75, 3.05) is 5.84 Å². The summed E-state index contributed by atoms with van der Waals surface area (Å²) < 4.78 is 1.30. The lowest BCUT2D eigenvalue weighted by atomic mass is 10.1. The van der Waals surface area contributed by atoms with Crippen LogP contribution in [0.25, 0.3) is 11.3 Å². The molecule has 2 aromatic rings. The van der Waals surface area contributed by atoms with Crippen molar-refractivity contribution in [3.63, 3.8) is 0 Å². The summed E-state index contributed by atoms with van der Waals surface area (Å²) in [6.07, 6.45) is 0. The van der Waals surface area contributed by atoms with Gasteiger partial charge in [0.2, 0.25) is 5.91 Å². The number of nitrogens with two attached hydrogens (primary N) is 2. The van der Waals surface area contributed by atoms with Crippen LogP contribution in [0.2, 0.25) is 5.15 Å². The molecule has 1 aromatic carbocycles. The molecule has 0 spiro atoms. The number of carbonyl (C=O) groups is 1. The van der Waals surface area contributed by atoms with Gasteiger partial charge in [0.1, 0.15) is 11.5 Å². The topological polar surface area (TPSA) is 86.9 Å². The van der Waals surface area contributed by atoms with E-state index in [4.69, 9.17) is 23.2 Å². The van der Waals surface area contributed by atoms with Gasteiger partial charge in [-0.05, 0) is 19.1 Å². The van der Waals surface area contributed by atoms with E-state index in [1.54, 1.807) is 31.2 Å². The molecular formula is C11H11ClN4O. The molecule has 1 aromatic heterocycles. The second-order valence-electron chi connectivity index (χ2n) is 3.61. The van der Waals surface area contributed by atoms with Crippen molar-refractivity contribution in [1.29, 1.82) is 0 Å². The average molecular weight is 251 g/mol. The molecule has 1 amide bonds. The molecule has 17 heavy (non-hydrogen) atoms. The lowest BCUT2D eigenvalue weighted by Crippen LogP contribution is -2.10. The number of hydrogen-bond donors (Lipinski definition) is 2. The number of nitrogen functional groups attached to an aromatic ring is 1. The molecule has 0 radical (unpaired) electrons. The molecule has 0 aliphatic rings. The number of aromatic nitrogens is 2. The van der Waals surface area contributed by atoms with Gasteiger partial charge in [-0.25, -0.2) is 9.66 Å². The van der Waals surface area contributed by atoms with Crippen molar-refractivity contribution in [3.8, 4) is 11.3 Å². The summed E-state index contributed by atoms with van der Waals surface area (Å²) in [4.78, 5) is 15.2. The van der Waals surface area contributed by atoms with E-state index in [0.717, 1.165) is 5.56 Å². The number of benzene rings is 1. The van der Waals surface area contributed by atoms with Gasteiger partial charge < -0.3 is 11.6 Å². The van der Waals surface area contributed by atoms with Crippen LogP contribution < -0.4 is 11.6 Å². The molecule has 0 aliphatic heterocycles. The van der Waals surface area contributed by atoms with Crippen molar-refractivity contribution >= 4 is 17.5 Å². The first-order chi connectivity index (χ1) is 8.00. The van der Waals surface area contributed by atoms with Crippen LogP contribution >= 0.6 is 11.6 Å². The molecule has 1 heterocycles. The van der Waals surface area contributed by atoms with Gasteiger partial charge in [0.05, 0.1) is 0 Å². The van der Waals surface area contributed by atoms with E-state index in [0.29, 0.717) is 22.2 Å². The van der Waals surface area contributed by atoms with E-state index in [-0.39, 0.29) is 0 Å². The number of halogens is 1. The van der Waals surface area contributed by atoms with Gasteiger partial charge in [0.25, 0.3) is 0 Å². The van der Waals surface area contributed by atoms with Gasteiger partial charge in [-0.15, -0.1) is 0 Å². The Morgan fingerprint density at radius 2 is 1.94 bits per heavy atom. The van der Waals surface area contributed by atoms with Gasteiger partial charge in [-0.2, -0.15) is 0 Å². The first-order valence-corrected chi connectivity index (χ1v) is 5.28. The van der Waals surface area contributed by atoms with Crippen molar-refractivity contribution in [3.05, 3.63) is 40.8 Å². The Morgan fingerprint density at radius 1 is 1.35 bits per heavy atom. The number of aryl methyl sites for hydroxylation is 1. The average Bonchev–Trinajstić information content (AvgIpc) is 2.57. The minimum Gasteiger partial charge on any atom is -0.366 e. The Morgan fingerprint density at radius 3 is 2.35 bits per heavy atom. The van der Waals surface area contributed by atoms with Crippen molar-refractivity contribution in [2.45, 2.75) is 6.92 Å². The number of nitrogens with zero attached hydrogens (tertiary/aromatic N) is 2. The molecule has 2 rings (SSSR count). The summed E-state index contributed by atoms with van der Waals surface area (Å²) in [5.74, 6) is 5.81. The summed E-state index contributed by atoms with van der Waals surface area (Å²) in [7, 11) is 0. The van der Waals surface area contributed by atoms with Crippen molar-refractivity contribution in [2.24, 2.45) is 5.73 Å². The molecule has 88 valence electrons. The third-order valence-electron chi connectivity index (χ3n) is 2.47. The quantitative estimate of drug-likeness (QED) is 0.788. The van der Waals surface area contributed by atoms with Gasteiger partial charge in [0.15, 0.2) is 5.15 Å². The third-order valence-corrected chi connectivity index (χ3v) is 2.83. The highest BCUT2D eigenvalue weighted by molar-refractivity contribution is 6.32. The smallest absolute Gasteiger partial charge is 0.248 e.